The molecule has 0 saturated heterocycles. The molecule has 0 aliphatic carbocycles. The number of nitrogens with one attached hydrogen (secondary N) is 1. The summed E-state index contributed by atoms with van der Waals surface area (Å²) in [6, 6.07) is 18.6. The number of hydrogen-bond acceptors (Lipinski definition) is 6. The number of fused-ring (bicyclic) bond motifs is 1. The molecule has 1 amide bonds. The van der Waals surface area contributed by atoms with Crippen LogP contribution in [0.1, 0.15) is 10.5 Å². The molecule has 4 rings (SSSR count). The molecule has 0 unspecified atom stereocenters. The van der Waals surface area contributed by atoms with Gasteiger partial charge in [0.05, 0.1) is 11.1 Å². The van der Waals surface area contributed by atoms with Crippen LogP contribution in [0.4, 0.5) is 10.7 Å². The first-order valence-corrected chi connectivity index (χ1v) is 8.97. The molecule has 0 bridgehead atoms. The van der Waals surface area contributed by atoms with Gasteiger partial charge in [-0.3, -0.25) is 4.79 Å². The van der Waals surface area contributed by atoms with E-state index in [0.717, 1.165) is 17.0 Å². The summed E-state index contributed by atoms with van der Waals surface area (Å²) in [6.07, 6.45) is 0. The van der Waals surface area contributed by atoms with Crippen molar-refractivity contribution in [3.63, 3.8) is 0 Å². The Hall–Kier alpha value is -3.10. The Bertz CT molecular complexity index is 1150. The van der Waals surface area contributed by atoms with Gasteiger partial charge in [-0.15, -0.1) is 0 Å². The fraction of sp³-hybridized carbons (Fsp3) is 0. The number of carbonyl (C=O) groups is 1. The normalized spacial score (nSPS) is 10.8. The second kappa shape index (κ2) is 6.66. The summed E-state index contributed by atoms with van der Waals surface area (Å²) >= 11 is 6.36. The number of aromatic nitrogens is 3. The van der Waals surface area contributed by atoms with Crippen LogP contribution in [0, 0.1) is 3.95 Å². The fourth-order valence-electron chi connectivity index (χ4n) is 2.61. The van der Waals surface area contributed by atoms with Gasteiger partial charge in [0, 0.05) is 5.69 Å². The molecule has 0 atom stereocenters. The van der Waals surface area contributed by atoms with E-state index >= 15 is 0 Å². The quantitative estimate of drug-likeness (QED) is 0.525. The predicted octanol–water partition coefficient (Wildman–Crippen LogP) is 4.05. The van der Waals surface area contributed by atoms with Crippen LogP contribution in [-0.2, 0) is 0 Å². The van der Waals surface area contributed by atoms with Gasteiger partial charge >= 0.3 is 0 Å². The van der Waals surface area contributed by atoms with Crippen LogP contribution in [0.3, 0.4) is 0 Å². The molecular weight excluding hydrogens is 366 g/mol. The first-order valence-electron chi connectivity index (χ1n) is 7.74. The van der Waals surface area contributed by atoms with Crippen LogP contribution >= 0.6 is 23.6 Å². The molecule has 0 saturated carbocycles. The number of nitrogens with two attached hydrogens (primary N) is 1. The summed E-state index contributed by atoms with van der Waals surface area (Å²) in [5, 5.41) is 8.24. The van der Waals surface area contributed by atoms with Gasteiger partial charge in [-0.1, -0.05) is 47.7 Å². The van der Waals surface area contributed by atoms with E-state index in [1.165, 1.54) is 0 Å². The van der Waals surface area contributed by atoms with Gasteiger partial charge in [0.15, 0.2) is 15.3 Å². The van der Waals surface area contributed by atoms with Crippen molar-refractivity contribution in [2.75, 3.05) is 11.1 Å². The molecule has 0 radical (unpaired) electrons. The van der Waals surface area contributed by atoms with Gasteiger partial charge < -0.3 is 11.1 Å². The second-order valence-corrected chi connectivity index (χ2v) is 7.13. The first-order chi connectivity index (χ1) is 12.6. The Balaban J connectivity index is 1.90. The molecule has 3 N–H and O–H groups in total. The van der Waals surface area contributed by atoms with Crippen molar-refractivity contribution in [1.29, 1.82) is 0 Å². The van der Waals surface area contributed by atoms with Crippen molar-refractivity contribution in [3.05, 3.63) is 70.3 Å². The Kier molecular flexibility index (Phi) is 4.19. The maximum absolute atomic E-state index is 12.8. The zero-order valence-corrected chi connectivity index (χ0v) is 15.1. The summed E-state index contributed by atoms with van der Waals surface area (Å²) in [5.74, 6) is -0.353. The Labute approximate surface area is 157 Å². The van der Waals surface area contributed by atoms with Gasteiger partial charge in [-0.25, -0.2) is 9.67 Å². The molecule has 2 heterocycles. The van der Waals surface area contributed by atoms with E-state index in [1.807, 2.05) is 48.5 Å². The van der Waals surface area contributed by atoms with E-state index in [9.17, 15) is 4.79 Å². The number of rotatable bonds is 3. The molecule has 0 fully saturated rings. The SMILES string of the molecule is Nc1sc(=S)nc2c1c(C(=O)Nc1ccccc1)nn2-c1ccccc1. The molecule has 0 aliphatic rings. The summed E-state index contributed by atoms with van der Waals surface area (Å²) in [5.41, 5.74) is 8.29. The number of carbonyl (C=O) groups excluding carboxylic acids is 1. The highest BCUT2D eigenvalue weighted by Gasteiger charge is 2.22. The van der Waals surface area contributed by atoms with Crippen molar-refractivity contribution >= 4 is 51.2 Å². The molecule has 0 spiro atoms. The van der Waals surface area contributed by atoms with Crippen LogP contribution < -0.4 is 11.1 Å². The molecule has 128 valence electrons. The summed E-state index contributed by atoms with van der Waals surface area (Å²) < 4.78 is 1.98. The van der Waals surface area contributed by atoms with Crippen molar-refractivity contribution < 1.29 is 4.79 Å². The summed E-state index contributed by atoms with van der Waals surface area (Å²) in [7, 11) is 0. The molecule has 26 heavy (non-hydrogen) atoms. The van der Waals surface area contributed by atoms with Crippen LogP contribution in [0.25, 0.3) is 16.7 Å². The lowest BCUT2D eigenvalue weighted by Gasteiger charge is -2.03. The Morgan fingerprint density at radius 1 is 1.08 bits per heavy atom. The molecule has 8 heteroatoms. The van der Waals surface area contributed by atoms with E-state index in [2.05, 4.69) is 15.4 Å². The van der Waals surface area contributed by atoms with Gasteiger partial charge in [-0.05, 0) is 36.5 Å². The summed E-state index contributed by atoms with van der Waals surface area (Å²) in [4.78, 5) is 17.2. The van der Waals surface area contributed by atoms with Crippen LogP contribution in [0.15, 0.2) is 60.7 Å². The predicted molar refractivity (Wildman–Crippen MR) is 106 cm³/mol. The monoisotopic (exact) mass is 379 g/mol. The lowest BCUT2D eigenvalue weighted by atomic mass is 10.2. The average molecular weight is 379 g/mol. The second-order valence-electron chi connectivity index (χ2n) is 5.46. The highest BCUT2D eigenvalue weighted by molar-refractivity contribution is 7.73. The molecule has 6 nitrogen and oxygen atoms in total. The van der Waals surface area contributed by atoms with E-state index in [-0.39, 0.29) is 11.6 Å². The van der Waals surface area contributed by atoms with Crippen molar-refractivity contribution in [2.24, 2.45) is 0 Å². The smallest absolute Gasteiger partial charge is 0.277 e. The highest BCUT2D eigenvalue weighted by atomic mass is 32.1. The third kappa shape index (κ3) is 2.96. The maximum atomic E-state index is 12.8. The molecule has 0 aliphatic heterocycles. The van der Waals surface area contributed by atoms with Gasteiger partial charge in [0.25, 0.3) is 5.91 Å². The molecule has 4 aromatic rings. The third-order valence-corrected chi connectivity index (χ3v) is 4.78. The fourth-order valence-corrected chi connectivity index (χ4v) is 3.58. The van der Waals surface area contributed by atoms with E-state index < -0.39 is 0 Å². The largest absolute Gasteiger partial charge is 0.390 e. The number of benzene rings is 2. The van der Waals surface area contributed by atoms with Crippen LogP contribution in [-0.4, -0.2) is 20.7 Å². The number of anilines is 2. The minimum absolute atomic E-state index is 0.212. The Morgan fingerprint density at radius 3 is 2.42 bits per heavy atom. The highest BCUT2D eigenvalue weighted by Crippen LogP contribution is 2.29. The van der Waals surface area contributed by atoms with E-state index in [0.29, 0.717) is 25.7 Å². The lowest BCUT2D eigenvalue weighted by Crippen LogP contribution is -2.13. The molecule has 2 aromatic heterocycles. The van der Waals surface area contributed by atoms with Crippen molar-refractivity contribution in [1.82, 2.24) is 14.8 Å². The number of hydrogen-bond donors (Lipinski definition) is 2. The lowest BCUT2D eigenvalue weighted by molar-refractivity contribution is 0.102. The third-order valence-electron chi connectivity index (χ3n) is 3.75. The standard InChI is InChI=1S/C18H13N5OS2/c19-15-13-14(17(24)20-11-7-3-1-4-8-11)22-23(12-9-5-2-6-10-12)16(13)21-18(25)26-15/h1-10H,19H2,(H,20,24). The van der Waals surface area contributed by atoms with Crippen molar-refractivity contribution in [3.8, 4) is 5.69 Å². The van der Waals surface area contributed by atoms with Crippen LogP contribution in [0.2, 0.25) is 0 Å². The van der Waals surface area contributed by atoms with Crippen molar-refractivity contribution in [2.45, 2.75) is 0 Å². The molecular formula is C18H13N5OS2. The number of para-hydroxylation sites is 2. The average Bonchev–Trinajstić information content (AvgIpc) is 3.03. The Morgan fingerprint density at radius 2 is 1.73 bits per heavy atom. The van der Waals surface area contributed by atoms with E-state index in [4.69, 9.17) is 18.0 Å². The number of nitrogen functional groups attached to an aromatic ring is 1. The number of amides is 1. The number of nitrogens with zero attached hydrogens (tertiary/aromatic N) is 3. The van der Waals surface area contributed by atoms with E-state index in [1.54, 1.807) is 16.8 Å². The first kappa shape index (κ1) is 16.4. The zero-order valence-electron chi connectivity index (χ0n) is 13.4. The minimum atomic E-state index is -0.353. The molecule has 2 aromatic carbocycles. The van der Waals surface area contributed by atoms with Gasteiger partial charge in [-0.2, -0.15) is 5.10 Å². The van der Waals surface area contributed by atoms with Gasteiger partial charge in [0.2, 0.25) is 0 Å². The maximum Gasteiger partial charge on any atom is 0.277 e. The van der Waals surface area contributed by atoms with Gasteiger partial charge in [0.1, 0.15) is 5.00 Å². The van der Waals surface area contributed by atoms with Crippen LogP contribution in [0.5, 0.6) is 0 Å². The zero-order chi connectivity index (χ0) is 18.1. The summed E-state index contributed by atoms with van der Waals surface area (Å²) in [6.45, 7) is 0. The topological polar surface area (TPSA) is 85.8 Å². The minimum Gasteiger partial charge on any atom is -0.390 e.